The summed E-state index contributed by atoms with van der Waals surface area (Å²) >= 11 is 0. The van der Waals surface area contributed by atoms with E-state index in [1.165, 1.54) is 36.8 Å². The first-order valence-electron chi connectivity index (χ1n) is 11.7. The van der Waals surface area contributed by atoms with Crippen LogP contribution in [0.25, 0.3) is 5.57 Å². The maximum Gasteiger partial charge on any atom is 0.131 e. The summed E-state index contributed by atoms with van der Waals surface area (Å²) in [7, 11) is 2.11. The molecule has 1 aliphatic heterocycles. The van der Waals surface area contributed by atoms with Gasteiger partial charge < -0.3 is 15.0 Å². The lowest BCUT2D eigenvalue weighted by Gasteiger charge is -2.22. The van der Waals surface area contributed by atoms with Gasteiger partial charge in [-0.15, -0.1) is 0 Å². The number of nitrogens with zero attached hydrogens (tertiary/aromatic N) is 1. The second kappa shape index (κ2) is 13.6. The van der Waals surface area contributed by atoms with Crippen LogP contribution in [-0.2, 0) is 4.79 Å². The van der Waals surface area contributed by atoms with Gasteiger partial charge in [0.1, 0.15) is 11.5 Å². The Bertz CT molecular complexity index is 648. The van der Waals surface area contributed by atoms with Crippen molar-refractivity contribution in [2.75, 3.05) is 39.8 Å². The van der Waals surface area contributed by atoms with Gasteiger partial charge >= 0.3 is 0 Å². The van der Waals surface area contributed by atoms with Gasteiger partial charge in [-0.3, -0.25) is 4.79 Å². The Morgan fingerprint density at radius 3 is 2.50 bits per heavy atom. The Morgan fingerprint density at radius 1 is 1.17 bits per heavy atom. The largest absolute Gasteiger partial charge is 0.493 e. The van der Waals surface area contributed by atoms with E-state index in [0.717, 1.165) is 45.0 Å². The van der Waals surface area contributed by atoms with Crippen molar-refractivity contribution in [3.63, 3.8) is 0 Å². The number of piperidine rings is 1. The predicted molar refractivity (Wildman–Crippen MR) is 127 cm³/mol. The zero-order valence-corrected chi connectivity index (χ0v) is 19.6. The van der Waals surface area contributed by atoms with E-state index in [9.17, 15) is 4.79 Å². The van der Waals surface area contributed by atoms with Crippen molar-refractivity contribution in [2.24, 2.45) is 11.8 Å². The minimum absolute atomic E-state index is 0.273. The molecule has 1 heterocycles. The van der Waals surface area contributed by atoms with Gasteiger partial charge in [-0.25, -0.2) is 0 Å². The van der Waals surface area contributed by atoms with Gasteiger partial charge in [0.15, 0.2) is 0 Å². The first-order chi connectivity index (χ1) is 14.5. The Labute approximate surface area is 184 Å². The highest BCUT2D eigenvalue weighted by Crippen LogP contribution is 2.26. The van der Waals surface area contributed by atoms with Crippen LogP contribution in [0.3, 0.4) is 0 Å². The fourth-order valence-electron chi connectivity index (χ4n) is 3.93. The number of allylic oxidation sites excluding steroid dienone is 2. The molecule has 1 fully saturated rings. The third kappa shape index (κ3) is 9.44. The summed E-state index contributed by atoms with van der Waals surface area (Å²) in [5.74, 6) is 2.61. The molecule has 1 aliphatic rings. The summed E-state index contributed by atoms with van der Waals surface area (Å²) in [6, 6.07) is 8.64. The van der Waals surface area contributed by atoms with E-state index in [-0.39, 0.29) is 5.78 Å². The van der Waals surface area contributed by atoms with Crippen molar-refractivity contribution in [1.29, 1.82) is 0 Å². The van der Waals surface area contributed by atoms with E-state index < -0.39 is 0 Å². The monoisotopic (exact) mass is 414 g/mol. The van der Waals surface area contributed by atoms with Crippen LogP contribution in [0.4, 0.5) is 0 Å². The number of hydrogen-bond acceptors (Lipinski definition) is 4. The number of benzene rings is 1. The van der Waals surface area contributed by atoms with Crippen LogP contribution < -0.4 is 10.1 Å². The number of rotatable bonds is 13. The lowest BCUT2D eigenvalue weighted by Crippen LogP contribution is -2.30. The van der Waals surface area contributed by atoms with Crippen molar-refractivity contribution < 1.29 is 9.53 Å². The molecular formula is C26H42N2O2. The van der Waals surface area contributed by atoms with Crippen LogP contribution in [0.15, 0.2) is 30.3 Å². The van der Waals surface area contributed by atoms with Crippen molar-refractivity contribution in [3.8, 4) is 5.75 Å². The summed E-state index contributed by atoms with van der Waals surface area (Å²) in [6.45, 7) is 11.1. The van der Waals surface area contributed by atoms with Gasteiger partial charge in [0.2, 0.25) is 0 Å². The van der Waals surface area contributed by atoms with E-state index in [2.05, 4.69) is 61.5 Å². The van der Waals surface area contributed by atoms with Crippen LogP contribution in [0, 0.1) is 11.8 Å². The molecule has 1 aromatic rings. The molecule has 1 N–H and O–H groups in total. The molecule has 4 heteroatoms. The highest BCUT2D eigenvalue weighted by Gasteiger charge is 2.13. The van der Waals surface area contributed by atoms with Crippen molar-refractivity contribution in [3.05, 3.63) is 35.9 Å². The topological polar surface area (TPSA) is 41.6 Å². The van der Waals surface area contributed by atoms with Crippen molar-refractivity contribution in [2.45, 2.75) is 59.3 Å². The minimum atomic E-state index is 0.273. The third-order valence-electron chi connectivity index (χ3n) is 6.27. The molecule has 4 nitrogen and oxygen atoms in total. The molecule has 1 saturated heterocycles. The van der Waals surface area contributed by atoms with E-state index in [1.807, 2.05) is 0 Å². The Hall–Kier alpha value is -1.65. The summed E-state index contributed by atoms with van der Waals surface area (Å²) < 4.78 is 6.03. The molecule has 2 rings (SSSR count). The number of carbonyl (C=O) groups is 1. The quantitative estimate of drug-likeness (QED) is 0.482. The molecule has 1 aromatic carbocycles. The van der Waals surface area contributed by atoms with Crippen LogP contribution in [0.1, 0.15) is 64.9 Å². The fourth-order valence-corrected chi connectivity index (χ4v) is 3.93. The first kappa shape index (κ1) is 24.6. The molecule has 0 radical (unpaired) electrons. The van der Waals surface area contributed by atoms with Crippen molar-refractivity contribution in [1.82, 2.24) is 10.2 Å². The van der Waals surface area contributed by atoms with E-state index in [1.54, 1.807) is 6.92 Å². The predicted octanol–water partition coefficient (Wildman–Crippen LogP) is 5.19. The molecule has 0 spiro atoms. The average molecular weight is 415 g/mol. The maximum atomic E-state index is 11.1. The van der Waals surface area contributed by atoms with Gasteiger partial charge in [0, 0.05) is 13.0 Å². The van der Waals surface area contributed by atoms with Crippen LogP contribution in [0.2, 0.25) is 0 Å². The van der Waals surface area contributed by atoms with Crippen LogP contribution in [0.5, 0.6) is 5.75 Å². The molecule has 0 saturated carbocycles. The molecule has 1 unspecified atom stereocenters. The second-order valence-corrected chi connectivity index (χ2v) is 9.03. The van der Waals surface area contributed by atoms with Gasteiger partial charge in [0.25, 0.3) is 0 Å². The molecule has 30 heavy (non-hydrogen) atoms. The van der Waals surface area contributed by atoms with Crippen LogP contribution in [-0.4, -0.2) is 50.5 Å². The maximum absolute atomic E-state index is 11.1. The van der Waals surface area contributed by atoms with Gasteiger partial charge in [0.05, 0.1) is 6.61 Å². The highest BCUT2D eigenvalue weighted by atomic mass is 16.5. The zero-order chi connectivity index (χ0) is 21.8. The lowest BCUT2D eigenvalue weighted by molar-refractivity contribution is -0.117. The number of ether oxygens (including phenoxy) is 1. The van der Waals surface area contributed by atoms with E-state index in [0.29, 0.717) is 18.3 Å². The number of Topliss-reactive ketones (excluding diaryl/α,β-unsaturated/α-hetero) is 1. The molecule has 0 aromatic heterocycles. The minimum Gasteiger partial charge on any atom is -0.493 e. The zero-order valence-electron chi connectivity index (χ0n) is 19.6. The summed E-state index contributed by atoms with van der Waals surface area (Å²) in [5.41, 5.74) is 2.72. The van der Waals surface area contributed by atoms with E-state index in [4.69, 9.17) is 4.74 Å². The molecule has 0 aliphatic carbocycles. The molecular weight excluding hydrogens is 372 g/mol. The number of ketones is 1. The smallest absolute Gasteiger partial charge is 0.131 e. The SMILES string of the molecule is CC=C(CCC(C)CCN(C)CCC(C)=O)c1ccc(OCC2CCNCC2)cc1. The molecule has 0 amide bonds. The summed E-state index contributed by atoms with van der Waals surface area (Å²) in [6.07, 6.45) is 8.80. The number of nitrogens with one attached hydrogen (secondary N) is 1. The van der Waals surface area contributed by atoms with Crippen molar-refractivity contribution >= 4 is 11.4 Å². The van der Waals surface area contributed by atoms with Gasteiger partial charge in [-0.2, -0.15) is 0 Å². The van der Waals surface area contributed by atoms with E-state index >= 15 is 0 Å². The second-order valence-electron chi connectivity index (χ2n) is 9.03. The lowest BCUT2D eigenvalue weighted by atomic mass is 9.94. The molecule has 0 bridgehead atoms. The van der Waals surface area contributed by atoms with Gasteiger partial charge in [-0.05, 0) is 108 Å². The number of hydrogen-bond donors (Lipinski definition) is 1. The fraction of sp³-hybridized carbons (Fsp3) is 0.654. The Kier molecular flexibility index (Phi) is 11.2. The summed E-state index contributed by atoms with van der Waals surface area (Å²) in [4.78, 5) is 13.4. The Morgan fingerprint density at radius 2 is 1.87 bits per heavy atom. The standard InChI is InChI=1S/C26H42N2O2/c1-5-24(7-6-21(2)14-18-28(4)19-15-22(3)29)25-8-10-26(11-9-25)30-20-23-12-16-27-17-13-23/h5,8-11,21,23,27H,6-7,12-20H2,1-4H3. The first-order valence-corrected chi connectivity index (χ1v) is 11.7. The summed E-state index contributed by atoms with van der Waals surface area (Å²) in [5, 5.41) is 3.41. The van der Waals surface area contributed by atoms with Crippen LogP contribution >= 0.6 is 0 Å². The molecule has 168 valence electrons. The molecule has 1 atom stereocenters. The number of carbonyl (C=O) groups excluding carboxylic acids is 1. The Balaban J connectivity index is 1.72. The van der Waals surface area contributed by atoms with Gasteiger partial charge in [-0.1, -0.05) is 25.1 Å². The average Bonchev–Trinajstić information content (AvgIpc) is 2.76. The third-order valence-corrected chi connectivity index (χ3v) is 6.27. The highest BCUT2D eigenvalue weighted by molar-refractivity contribution is 5.75. The normalized spacial score (nSPS) is 16.6.